The highest BCUT2D eigenvalue weighted by atomic mass is 16.5. The van der Waals surface area contributed by atoms with E-state index in [2.05, 4.69) is 6.92 Å². The van der Waals surface area contributed by atoms with E-state index in [0.717, 1.165) is 23.7 Å². The second-order valence-electron chi connectivity index (χ2n) is 5.16. The van der Waals surface area contributed by atoms with E-state index in [4.69, 9.17) is 4.74 Å². The molecule has 3 saturated carbocycles. The summed E-state index contributed by atoms with van der Waals surface area (Å²) >= 11 is 0. The average Bonchev–Trinajstić information content (AvgIpc) is 2.62. The molecule has 0 heterocycles. The van der Waals surface area contributed by atoms with Crippen molar-refractivity contribution in [2.45, 2.75) is 38.2 Å². The molecule has 1 nitrogen and oxygen atoms in total. The average molecular weight is 166 g/mol. The van der Waals surface area contributed by atoms with Gasteiger partial charge in [0.15, 0.2) is 0 Å². The first-order chi connectivity index (χ1) is 5.75. The van der Waals surface area contributed by atoms with Crippen molar-refractivity contribution < 1.29 is 4.74 Å². The fourth-order valence-electron chi connectivity index (χ4n) is 4.39. The molecule has 2 bridgehead atoms. The van der Waals surface area contributed by atoms with Gasteiger partial charge in [0, 0.05) is 7.11 Å². The highest BCUT2D eigenvalue weighted by Gasteiger charge is 2.62. The SMILES string of the molecule is CO[C@]1(C)[C@H]2C[C@H]3CC[C@@H]1[C@H]3C2. The Balaban J connectivity index is 2.00. The molecule has 0 spiro atoms. The largest absolute Gasteiger partial charge is 0.378 e. The van der Waals surface area contributed by atoms with E-state index in [-0.39, 0.29) is 5.60 Å². The molecule has 0 amide bonds. The third-order valence-electron chi connectivity index (χ3n) is 5.10. The molecule has 0 aromatic carbocycles. The predicted molar refractivity (Wildman–Crippen MR) is 47.8 cm³/mol. The van der Waals surface area contributed by atoms with E-state index >= 15 is 0 Å². The van der Waals surface area contributed by atoms with Crippen LogP contribution in [0.2, 0.25) is 0 Å². The second kappa shape index (κ2) is 2.06. The monoisotopic (exact) mass is 166 g/mol. The number of methoxy groups -OCH3 is 1. The highest BCUT2D eigenvalue weighted by Crippen LogP contribution is 2.64. The summed E-state index contributed by atoms with van der Waals surface area (Å²) in [7, 11) is 1.91. The maximum atomic E-state index is 5.76. The fraction of sp³-hybridized carbons (Fsp3) is 1.00. The van der Waals surface area contributed by atoms with Crippen LogP contribution in [0.1, 0.15) is 32.6 Å². The molecular weight excluding hydrogens is 148 g/mol. The second-order valence-corrected chi connectivity index (χ2v) is 5.16. The molecule has 0 aromatic rings. The summed E-state index contributed by atoms with van der Waals surface area (Å²) in [5.74, 6) is 3.93. The molecule has 0 saturated heterocycles. The molecule has 0 unspecified atom stereocenters. The molecule has 3 aliphatic rings. The van der Waals surface area contributed by atoms with Crippen LogP contribution in [-0.2, 0) is 4.74 Å². The Labute approximate surface area is 74.5 Å². The summed E-state index contributed by atoms with van der Waals surface area (Å²) in [4.78, 5) is 0. The Hall–Kier alpha value is -0.0400. The number of hydrogen-bond donors (Lipinski definition) is 0. The van der Waals surface area contributed by atoms with Gasteiger partial charge in [-0.2, -0.15) is 0 Å². The van der Waals surface area contributed by atoms with Crippen LogP contribution in [-0.4, -0.2) is 12.7 Å². The molecule has 0 aromatic heterocycles. The van der Waals surface area contributed by atoms with Gasteiger partial charge in [0.2, 0.25) is 0 Å². The van der Waals surface area contributed by atoms with Crippen LogP contribution in [0.3, 0.4) is 0 Å². The minimum atomic E-state index is 0.262. The van der Waals surface area contributed by atoms with Crippen molar-refractivity contribution in [1.29, 1.82) is 0 Å². The summed E-state index contributed by atoms with van der Waals surface area (Å²) in [5, 5.41) is 0. The molecule has 0 radical (unpaired) electrons. The van der Waals surface area contributed by atoms with Gasteiger partial charge in [0.05, 0.1) is 5.60 Å². The lowest BCUT2D eigenvalue weighted by atomic mass is 9.77. The van der Waals surface area contributed by atoms with E-state index < -0.39 is 0 Å². The zero-order chi connectivity index (χ0) is 8.34. The Morgan fingerprint density at radius 3 is 2.83 bits per heavy atom. The van der Waals surface area contributed by atoms with Crippen LogP contribution in [0, 0.1) is 23.7 Å². The van der Waals surface area contributed by atoms with Crippen molar-refractivity contribution in [3.05, 3.63) is 0 Å². The summed E-state index contributed by atoms with van der Waals surface area (Å²) in [5.41, 5.74) is 0.262. The van der Waals surface area contributed by atoms with Crippen LogP contribution < -0.4 is 0 Å². The van der Waals surface area contributed by atoms with Gasteiger partial charge in [-0.15, -0.1) is 0 Å². The number of hydrogen-bond acceptors (Lipinski definition) is 1. The van der Waals surface area contributed by atoms with Gasteiger partial charge < -0.3 is 4.74 Å². The van der Waals surface area contributed by atoms with Crippen molar-refractivity contribution in [1.82, 2.24) is 0 Å². The van der Waals surface area contributed by atoms with Crippen LogP contribution in [0.4, 0.5) is 0 Å². The number of rotatable bonds is 1. The Morgan fingerprint density at radius 2 is 2.08 bits per heavy atom. The van der Waals surface area contributed by atoms with E-state index in [9.17, 15) is 0 Å². The molecule has 3 fully saturated rings. The Morgan fingerprint density at radius 1 is 1.25 bits per heavy atom. The summed E-state index contributed by atoms with van der Waals surface area (Å²) in [6, 6.07) is 0. The Bertz CT molecular complexity index is 211. The molecule has 3 rings (SSSR count). The summed E-state index contributed by atoms with van der Waals surface area (Å²) in [6.07, 6.45) is 5.87. The van der Waals surface area contributed by atoms with Crippen molar-refractivity contribution in [3.8, 4) is 0 Å². The van der Waals surface area contributed by atoms with Gasteiger partial charge in [-0.05, 0) is 56.3 Å². The smallest absolute Gasteiger partial charge is 0.0709 e. The first-order valence-corrected chi connectivity index (χ1v) is 5.31. The van der Waals surface area contributed by atoms with Gasteiger partial charge in [0.1, 0.15) is 0 Å². The van der Waals surface area contributed by atoms with Gasteiger partial charge in [0.25, 0.3) is 0 Å². The Kier molecular flexibility index (Phi) is 1.27. The molecule has 5 atom stereocenters. The van der Waals surface area contributed by atoms with E-state index in [1.807, 2.05) is 7.11 Å². The maximum absolute atomic E-state index is 5.76. The van der Waals surface area contributed by atoms with E-state index in [0.29, 0.717) is 0 Å². The number of fused-ring (bicyclic) bond motifs is 1. The highest BCUT2D eigenvalue weighted by molar-refractivity contribution is 5.11. The van der Waals surface area contributed by atoms with Gasteiger partial charge >= 0.3 is 0 Å². The molecule has 3 aliphatic carbocycles. The van der Waals surface area contributed by atoms with Crippen molar-refractivity contribution in [2.24, 2.45) is 23.7 Å². The third-order valence-corrected chi connectivity index (χ3v) is 5.10. The standard InChI is InChI=1S/C11H18O/c1-11(12-2)8-5-7-3-4-10(11)9(7)6-8/h7-10H,3-6H2,1-2H3/t7-,8+,9+,10-,11-/m1/s1. The first kappa shape index (κ1) is 7.37. The molecule has 1 heteroatoms. The maximum Gasteiger partial charge on any atom is 0.0709 e. The zero-order valence-corrected chi connectivity index (χ0v) is 8.05. The fourth-order valence-corrected chi connectivity index (χ4v) is 4.39. The molecule has 0 N–H and O–H groups in total. The minimum Gasteiger partial charge on any atom is -0.378 e. The minimum absolute atomic E-state index is 0.262. The number of ether oxygens (including phenoxy) is 1. The van der Waals surface area contributed by atoms with Crippen molar-refractivity contribution >= 4 is 0 Å². The lowest BCUT2D eigenvalue weighted by Crippen LogP contribution is -2.41. The zero-order valence-electron chi connectivity index (χ0n) is 8.05. The van der Waals surface area contributed by atoms with Crippen molar-refractivity contribution in [3.63, 3.8) is 0 Å². The summed E-state index contributed by atoms with van der Waals surface area (Å²) in [6.45, 7) is 2.35. The van der Waals surface area contributed by atoms with Gasteiger partial charge in [-0.3, -0.25) is 0 Å². The van der Waals surface area contributed by atoms with Crippen LogP contribution in [0.15, 0.2) is 0 Å². The van der Waals surface area contributed by atoms with Crippen LogP contribution >= 0.6 is 0 Å². The molecule has 68 valence electrons. The molecular formula is C11H18O. The quantitative estimate of drug-likeness (QED) is 0.581. The van der Waals surface area contributed by atoms with Crippen molar-refractivity contribution in [2.75, 3.05) is 7.11 Å². The van der Waals surface area contributed by atoms with E-state index in [1.165, 1.54) is 25.7 Å². The van der Waals surface area contributed by atoms with Crippen LogP contribution in [0.5, 0.6) is 0 Å². The lowest BCUT2D eigenvalue weighted by Gasteiger charge is -2.38. The van der Waals surface area contributed by atoms with Gasteiger partial charge in [-0.25, -0.2) is 0 Å². The molecule has 12 heavy (non-hydrogen) atoms. The topological polar surface area (TPSA) is 9.23 Å². The van der Waals surface area contributed by atoms with Gasteiger partial charge in [-0.1, -0.05) is 0 Å². The normalized spacial score (nSPS) is 61.5. The van der Waals surface area contributed by atoms with E-state index in [1.54, 1.807) is 0 Å². The molecule has 0 aliphatic heterocycles. The first-order valence-electron chi connectivity index (χ1n) is 5.31. The summed E-state index contributed by atoms with van der Waals surface area (Å²) < 4.78 is 5.76. The third kappa shape index (κ3) is 0.618. The predicted octanol–water partition coefficient (Wildman–Crippen LogP) is 2.46. The van der Waals surface area contributed by atoms with Crippen LogP contribution in [0.25, 0.3) is 0 Å². The lowest BCUT2D eigenvalue weighted by molar-refractivity contribution is -0.0741.